The molecule has 180 valence electrons. The Labute approximate surface area is 201 Å². The lowest BCUT2D eigenvalue weighted by atomic mass is 9.80. The third kappa shape index (κ3) is 5.78. The largest absolute Gasteiger partial charge is 0.493 e. The number of benzene rings is 3. The first kappa shape index (κ1) is 24.3. The molecule has 1 fully saturated rings. The predicted molar refractivity (Wildman–Crippen MR) is 134 cm³/mol. The van der Waals surface area contributed by atoms with E-state index >= 15 is 0 Å². The Balaban J connectivity index is 1.36. The molecule has 1 saturated carbocycles. The van der Waals surface area contributed by atoms with Crippen LogP contribution in [0.5, 0.6) is 11.5 Å². The van der Waals surface area contributed by atoms with Crippen molar-refractivity contribution in [3.63, 3.8) is 0 Å². The summed E-state index contributed by atoms with van der Waals surface area (Å²) in [6.07, 6.45) is 7.87. The van der Waals surface area contributed by atoms with Crippen LogP contribution in [0.15, 0.2) is 60.7 Å². The summed E-state index contributed by atoms with van der Waals surface area (Å²) in [6.45, 7) is 5.09. The van der Waals surface area contributed by atoms with E-state index in [0.717, 1.165) is 29.4 Å². The molecule has 1 aliphatic rings. The van der Waals surface area contributed by atoms with Crippen LogP contribution in [0.2, 0.25) is 0 Å². The monoisotopic (exact) mass is 464 g/mol. The Bertz CT molecular complexity index is 1050. The lowest BCUT2D eigenvalue weighted by Gasteiger charge is -2.28. The summed E-state index contributed by atoms with van der Waals surface area (Å²) in [5.41, 5.74) is 2.91. The quantitative estimate of drug-likeness (QED) is 0.315. The molecule has 1 aliphatic carbocycles. The first-order valence-electron chi connectivity index (χ1n) is 12.5. The van der Waals surface area contributed by atoms with Gasteiger partial charge >= 0.3 is 0 Å². The molecular formula is C30H34F2O2. The molecule has 0 heterocycles. The van der Waals surface area contributed by atoms with E-state index in [0.29, 0.717) is 11.5 Å². The minimum Gasteiger partial charge on any atom is -0.493 e. The molecule has 0 N–H and O–H groups in total. The van der Waals surface area contributed by atoms with E-state index in [1.165, 1.54) is 44.6 Å². The molecule has 3 aromatic carbocycles. The van der Waals surface area contributed by atoms with Crippen molar-refractivity contribution in [3.8, 4) is 33.8 Å². The minimum atomic E-state index is -0.951. The zero-order valence-corrected chi connectivity index (χ0v) is 20.2. The van der Waals surface area contributed by atoms with Crippen molar-refractivity contribution < 1.29 is 18.3 Å². The van der Waals surface area contributed by atoms with Crippen LogP contribution in [0.25, 0.3) is 22.3 Å². The smallest absolute Gasteiger partial charge is 0.201 e. The Morgan fingerprint density at radius 3 is 1.88 bits per heavy atom. The Morgan fingerprint density at radius 1 is 0.676 bits per heavy atom. The zero-order chi connectivity index (χ0) is 23.9. The number of hydrogen-bond acceptors (Lipinski definition) is 2. The van der Waals surface area contributed by atoms with Crippen LogP contribution >= 0.6 is 0 Å². The van der Waals surface area contributed by atoms with E-state index in [-0.39, 0.29) is 17.9 Å². The maximum atomic E-state index is 14.5. The van der Waals surface area contributed by atoms with Crippen LogP contribution in [0.4, 0.5) is 8.78 Å². The molecule has 34 heavy (non-hydrogen) atoms. The highest BCUT2D eigenvalue weighted by atomic mass is 19.2. The summed E-state index contributed by atoms with van der Waals surface area (Å²) >= 11 is 0. The molecule has 0 aliphatic heterocycles. The van der Waals surface area contributed by atoms with E-state index in [9.17, 15) is 8.78 Å². The van der Waals surface area contributed by atoms with E-state index in [4.69, 9.17) is 9.47 Å². The third-order valence-corrected chi connectivity index (χ3v) is 6.88. The Hall–Kier alpha value is -2.88. The van der Waals surface area contributed by atoms with Crippen molar-refractivity contribution in [2.24, 2.45) is 11.8 Å². The molecule has 4 heteroatoms. The summed E-state index contributed by atoms with van der Waals surface area (Å²) < 4.78 is 40.0. The minimum absolute atomic E-state index is 0.0631. The summed E-state index contributed by atoms with van der Waals surface area (Å²) in [4.78, 5) is 0. The molecule has 0 atom stereocenters. The first-order chi connectivity index (χ1) is 16.6. The van der Waals surface area contributed by atoms with Crippen molar-refractivity contribution in [2.75, 3.05) is 13.2 Å². The molecule has 3 aromatic rings. The fourth-order valence-electron chi connectivity index (χ4n) is 4.92. The first-order valence-corrected chi connectivity index (χ1v) is 12.5. The molecular weight excluding hydrogens is 430 g/mol. The average Bonchev–Trinajstić information content (AvgIpc) is 2.87. The van der Waals surface area contributed by atoms with Crippen LogP contribution in [0.1, 0.15) is 52.4 Å². The van der Waals surface area contributed by atoms with Gasteiger partial charge in [-0.15, -0.1) is 0 Å². The zero-order valence-electron chi connectivity index (χ0n) is 20.2. The number of rotatable bonds is 9. The van der Waals surface area contributed by atoms with Gasteiger partial charge in [0.1, 0.15) is 5.75 Å². The van der Waals surface area contributed by atoms with E-state index < -0.39 is 11.6 Å². The topological polar surface area (TPSA) is 18.5 Å². The second-order valence-corrected chi connectivity index (χ2v) is 9.26. The lowest BCUT2D eigenvalue weighted by Crippen LogP contribution is -2.20. The van der Waals surface area contributed by atoms with Gasteiger partial charge in [-0.2, -0.15) is 4.39 Å². The second-order valence-electron chi connectivity index (χ2n) is 9.26. The summed E-state index contributed by atoms with van der Waals surface area (Å²) in [5, 5.41) is 0. The van der Waals surface area contributed by atoms with Gasteiger partial charge < -0.3 is 9.47 Å². The highest BCUT2D eigenvalue weighted by Gasteiger charge is 2.21. The Morgan fingerprint density at radius 2 is 1.26 bits per heavy atom. The van der Waals surface area contributed by atoms with Gasteiger partial charge in [0.2, 0.25) is 5.82 Å². The van der Waals surface area contributed by atoms with Crippen molar-refractivity contribution in [1.82, 2.24) is 0 Å². The maximum Gasteiger partial charge on any atom is 0.201 e. The van der Waals surface area contributed by atoms with E-state index in [2.05, 4.69) is 6.92 Å². The molecule has 2 nitrogen and oxygen atoms in total. The Kier molecular flexibility index (Phi) is 8.21. The molecule has 0 saturated heterocycles. The molecule has 0 amide bonds. The van der Waals surface area contributed by atoms with Crippen LogP contribution < -0.4 is 9.47 Å². The van der Waals surface area contributed by atoms with Crippen molar-refractivity contribution in [1.29, 1.82) is 0 Å². The number of halogens is 2. The SMILES string of the molecule is CCCC1CCC(COc2ccc(-c3ccc(-c4ccc(OCC)c(F)c4F)cc3)cc2)CC1. The standard InChI is InChI=1S/C30H34F2O2/c1-3-5-21-6-8-22(9-7-21)20-34-26-16-14-24(15-17-26)23-10-12-25(13-11-23)27-18-19-28(33-4-2)30(32)29(27)31/h10-19,21-22H,3-9,20H2,1-2H3. The van der Waals surface area contributed by atoms with Crippen molar-refractivity contribution in [3.05, 3.63) is 72.3 Å². The maximum absolute atomic E-state index is 14.5. The summed E-state index contributed by atoms with van der Waals surface area (Å²) in [7, 11) is 0. The third-order valence-electron chi connectivity index (χ3n) is 6.88. The fraction of sp³-hybridized carbons (Fsp3) is 0.400. The number of ether oxygens (including phenoxy) is 2. The van der Waals surface area contributed by atoms with Gasteiger partial charge in [0.05, 0.1) is 13.2 Å². The van der Waals surface area contributed by atoms with Crippen LogP contribution in [0, 0.1) is 23.5 Å². The van der Waals surface area contributed by atoms with Gasteiger partial charge in [0.25, 0.3) is 0 Å². The highest BCUT2D eigenvalue weighted by Crippen LogP contribution is 2.33. The number of hydrogen-bond donors (Lipinski definition) is 0. The second kappa shape index (κ2) is 11.5. The van der Waals surface area contributed by atoms with Gasteiger partial charge in [-0.25, -0.2) is 4.39 Å². The van der Waals surface area contributed by atoms with Crippen LogP contribution in [-0.4, -0.2) is 13.2 Å². The van der Waals surface area contributed by atoms with Crippen LogP contribution in [0.3, 0.4) is 0 Å². The predicted octanol–water partition coefficient (Wildman–Crippen LogP) is 8.68. The van der Waals surface area contributed by atoms with Gasteiger partial charge in [-0.3, -0.25) is 0 Å². The van der Waals surface area contributed by atoms with Gasteiger partial charge in [0.15, 0.2) is 11.6 Å². The molecule has 0 unspecified atom stereocenters. The molecule has 0 aromatic heterocycles. The molecule has 0 radical (unpaired) electrons. The van der Waals surface area contributed by atoms with Crippen LogP contribution in [-0.2, 0) is 0 Å². The summed E-state index contributed by atoms with van der Waals surface area (Å²) in [5.74, 6) is 0.562. The van der Waals surface area contributed by atoms with Gasteiger partial charge in [0, 0.05) is 5.56 Å². The normalized spacial score (nSPS) is 18.0. The van der Waals surface area contributed by atoms with E-state index in [1.54, 1.807) is 13.0 Å². The fourth-order valence-corrected chi connectivity index (χ4v) is 4.92. The van der Waals surface area contributed by atoms with E-state index in [1.807, 2.05) is 48.5 Å². The van der Waals surface area contributed by atoms with Gasteiger partial charge in [-0.05, 0) is 72.6 Å². The van der Waals surface area contributed by atoms with Crippen molar-refractivity contribution in [2.45, 2.75) is 52.4 Å². The average molecular weight is 465 g/mol. The molecule has 0 bridgehead atoms. The lowest BCUT2D eigenvalue weighted by molar-refractivity contribution is 0.178. The highest BCUT2D eigenvalue weighted by molar-refractivity contribution is 5.71. The molecule has 4 rings (SSSR count). The molecule has 0 spiro atoms. The van der Waals surface area contributed by atoms with Gasteiger partial charge in [-0.1, -0.05) is 69.0 Å². The van der Waals surface area contributed by atoms with Crippen molar-refractivity contribution >= 4 is 0 Å². The summed E-state index contributed by atoms with van der Waals surface area (Å²) in [6, 6.07) is 18.6.